The van der Waals surface area contributed by atoms with Crippen molar-refractivity contribution in [3.05, 3.63) is 73.1 Å². The fourth-order valence-corrected chi connectivity index (χ4v) is 3.73. The van der Waals surface area contributed by atoms with Gasteiger partial charge in [0.15, 0.2) is 0 Å². The molecule has 0 aliphatic carbocycles. The quantitative estimate of drug-likeness (QED) is 0.228. The van der Waals surface area contributed by atoms with Crippen LogP contribution in [-0.4, -0.2) is 58.3 Å². The molecule has 0 fully saturated rings. The minimum absolute atomic E-state index is 0.169. The number of amides is 4. The largest absolute Gasteiger partial charge is 0.444 e. The molecule has 0 bridgehead atoms. The van der Waals surface area contributed by atoms with Gasteiger partial charge in [-0.1, -0.05) is 36.4 Å². The number of pyridine rings is 2. The number of ether oxygens (including phenoxy) is 2. The lowest BCUT2D eigenvalue weighted by Crippen LogP contribution is -2.37. The van der Waals surface area contributed by atoms with Gasteiger partial charge in [0, 0.05) is 23.2 Å². The third kappa shape index (κ3) is 11.2. The number of rotatable bonds is 6. The van der Waals surface area contributed by atoms with Crippen LogP contribution in [0.3, 0.4) is 0 Å². The summed E-state index contributed by atoms with van der Waals surface area (Å²) >= 11 is 0. The summed E-state index contributed by atoms with van der Waals surface area (Å²) in [5.41, 5.74) is 1.43. The van der Waals surface area contributed by atoms with E-state index in [-0.39, 0.29) is 24.9 Å². The number of alkyl carbamates (subject to hydrolysis) is 2. The highest BCUT2D eigenvalue weighted by atomic mass is 16.6. The van der Waals surface area contributed by atoms with Gasteiger partial charge in [-0.25, -0.2) is 9.59 Å². The van der Waals surface area contributed by atoms with Crippen molar-refractivity contribution in [3.8, 4) is 0 Å². The van der Waals surface area contributed by atoms with Crippen molar-refractivity contribution in [2.45, 2.75) is 52.7 Å². The van der Waals surface area contributed by atoms with Crippen molar-refractivity contribution in [2.24, 2.45) is 0 Å². The van der Waals surface area contributed by atoms with Gasteiger partial charge in [0.25, 0.3) is 0 Å². The fraction of sp³-hybridized carbons (Fsp3) is 0.312. The summed E-state index contributed by atoms with van der Waals surface area (Å²) in [6.45, 7) is 10.2. The van der Waals surface area contributed by atoms with Crippen LogP contribution in [0.1, 0.15) is 41.5 Å². The highest BCUT2D eigenvalue weighted by Crippen LogP contribution is 2.21. The lowest BCUT2D eigenvalue weighted by Gasteiger charge is -2.19. The standard InChI is InChI=1S/2C16H19N3O3/c2*1-16(2,3)22-15(21)18-10-13(20)19-12-8-4-6-11-7-5-9-17-14(11)12/h2*4-9H,10H2,1-3H3,(H,18,21)(H,19,20). The van der Waals surface area contributed by atoms with Gasteiger partial charge in [-0.2, -0.15) is 0 Å². The van der Waals surface area contributed by atoms with Crippen molar-refractivity contribution in [1.82, 2.24) is 20.6 Å². The average Bonchev–Trinajstić information content (AvgIpc) is 2.94. The number of para-hydroxylation sites is 2. The predicted molar refractivity (Wildman–Crippen MR) is 169 cm³/mol. The van der Waals surface area contributed by atoms with Gasteiger partial charge in [-0.3, -0.25) is 19.6 Å². The summed E-state index contributed by atoms with van der Waals surface area (Å²) in [4.78, 5) is 55.3. The van der Waals surface area contributed by atoms with Crippen LogP contribution in [0.5, 0.6) is 0 Å². The molecule has 0 aliphatic rings. The van der Waals surface area contributed by atoms with Crippen molar-refractivity contribution in [1.29, 1.82) is 0 Å². The first-order valence-corrected chi connectivity index (χ1v) is 13.9. The van der Waals surface area contributed by atoms with Gasteiger partial charge in [0.2, 0.25) is 11.8 Å². The second-order valence-corrected chi connectivity index (χ2v) is 11.6. The van der Waals surface area contributed by atoms with Crippen LogP contribution in [0.2, 0.25) is 0 Å². The second kappa shape index (κ2) is 14.8. The molecule has 44 heavy (non-hydrogen) atoms. The summed E-state index contributed by atoms with van der Waals surface area (Å²) in [5.74, 6) is -0.687. The predicted octanol–water partition coefficient (Wildman–Crippen LogP) is 5.40. The number of anilines is 2. The molecule has 4 rings (SSSR count). The van der Waals surface area contributed by atoms with Gasteiger partial charge < -0.3 is 30.7 Å². The minimum Gasteiger partial charge on any atom is -0.444 e. The molecule has 0 aliphatic heterocycles. The SMILES string of the molecule is CC(C)(C)OC(=O)NCC(=O)Nc1cccc2cccnc12.CC(C)(C)OC(=O)NCC(=O)Nc1cccc2cccnc12. The van der Waals surface area contributed by atoms with Gasteiger partial charge in [0.05, 0.1) is 22.4 Å². The molecule has 2 heterocycles. The van der Waals surface area contributed by atoms with E-state index in [1.165, 1.54) is 0 Å². The molecule has 2 aromatic heterocycles. The Hall–Kier alpha value is -5.26. The number of carbonyl (C=O) groups is 4. The van der Waals surface area contributed by atoms with Gasteiger partial charge in [-0.15, -0.1) is 0 Å². The third-order valence-corrected chi connectivity index (χ3v) is 5.40. The summed E-state index contributed by atoms with van der Waals surface area (Å²) in [6, 6.07) is 18.5. The van der Waals surface area contributed by atoms with Gasteiger partial charge >= 0.3 is 12.2 Å². The van der Waals surface area contributed by atoms with Crippen LogP contribution in [-0.2, 0) is 19.1 Å². The Morgan fingerprint density at radius 1 is 0.591 bits per heavy atom. The van der Waals surface area contributed by atoms with E-state index in [0.717, 1.165) is 10.8 Å². The molecule has 0 radical (unpaired) electrons. The Morgan fingerprint density at radius 3 is 1.32 bits per heavy atom. The number of fused-ring (bicyclic) bond motifs is 2. The molecule has 4 N–H and O–H groups in total. The first kappa shape index (κ1) is 33.2. The lowest BCUT2D eigenvalue weighted by molar-refractivity contribution is -0.116. The maximum Gasteiger partial charge on any atom is 0.408 e. The van der Waals surface area contributed by atoms with E-state index in [9.17, 15) is 19.2 Å². The number of nitrogens with one attached hydrogen (secondary N) is 4. The molecule has 0 saturated carbocycles. The second-order valence-electron chi connectivity index (χ2n) is 11.6. The zero-order valence-corrected chi connectivity index (χ0v) is 25.7. The maximum atomic E-state index is 11.9. The van der Waals surface area contributed by atoms with Crippen molar-refractivity contribution < 1.29 is 28.7 Å². The van der Waals surface area contributed by atoms with E-state index >= 15 is 0 Å². The summed E-state index contributed by atoms with van der Waals surface area (Å²) in [7, 11) is 0. The molecular weight excluding hydrogens is 564 g/mol. The minimum atomic E-state index is -0.626. The zero-order valence-electron chi connectivity index (χ0n) is 25.7. The molecule has 2 aromatic carbocycles. The first-order valence-electron chi connectivity index (χ1n) is 13.9. The number of carbonyl (C=O) groups excluding carboxylic acids is 4. The van der Waals surface area contributed by atoms with E-state index in [2.05, 4.69) is 31.2 Å². The number of nitrogens with zero attached hydrogens (tertiary/aromatic N) is 2. The van der Waals surface area contributed by atoms with Gasteiger partial charge in [-0.05, 0) is 65.8 Å². The Labute approximate surface area is 255 Å². The molecule has 0 saturated heterocycles. The topological polar surface area (TPSA) is 161 Å². The van der Waals surface area contributed by atoms with Crippen molar-refractivity contribution >= 4 is 57.2 Å². The number of hydrogen-bond donors (Lipinski definition) is 4. The first-order chi connectivity index (χ1) is 20.7. The van der Waals surface area contributed by atoms with E-state index in [0.29, 0.717) is 22.4 Å². The Kier molecular flexibility index (Phi) is 11.2. The molecule has 4 aromatic rings. The Bertz CT molecular complexity index is 1500. The maximum absolute atomic E-state index is 11.9. The van der Waals surface area contributed by atoms with Crippen LogP contribution in [0, 0.1) is 0 Å². The number of benzene rings is 2. The monoisotopic (exact) mass is 602 g/mol. The zero-order chi connectivity index (χ0) is 32.3. The molecular formula is C32H38N6O6. The van der Waals surface area contributed by atoms with Crippen LogP contribution >= 0.6 is 0 Å². The fourth-order valence-electron chi connectivity index (χ4n) is 3.73. The molecule has 232 valence electrons. The highest BCUT2D eigenvalue weighted by Gasteiger charge is 2.18. The van der Waals surface area contributed by atoms with Crippen LogP contribution < -0.4 is 21.3 Å². The molecule has 12 nitrogen and oxygen atoms in total. The van der Waals surface area contributed by atoms with Crippen molar-refractivity contribution in [2.75, 3.05) is 23.7 Å². The Morgan fingerprint density at radius 2 is 0.955 bits per heavy atom. The normalized spacial score (nSPS) is 11.0. The van der Waals surface area contributed by atoms with E-state index in [1.807, 2.05) is 48.5 Å². The van der Waals surface area contributed by atoms with E-state index < -0.39 is 23.4 Å². The van der Waals surface area contributed by atoms with Crippen LogP contribution in [0.25, 0.3) is 21.8 Å². The Balaban J connectivity index is 0.000000240. The average molecular weight is 603 g/mol. The molecule has 4 amide bonds. The molecule has 0 atom stereocenters. The highest BCUT2D eigenvalue weighted by molar-refractivity contribution is 6.02. The summed E-state index contributed by atoms with van der Waals surface area (Å²) in [5, 5.41) is 12.2. The van der Waals surface area contributed by atoms with E-state index in [4.69, 9.17) is 9.47 Å². The molecule has 0 spiro atoms. The number of aromatic nitrogens is 2. The van der Waals surface area contributed by atoms with E-state index in [1.54, 1.807) is 66.1 Å². The summed E-state index contributed by atoms with van der Waals surface area (Å²) < 4.78 is 10.1. The summed E-state index contributed by atoms with van der Waals surface area (Å²) in [6.07, 6.45) is 2.07. The molecule has 0 unspecified atom stereocenters. The molecule has 12 heteroatoms. The van der Waals surface area contributed by atoms with Gasteiger partial charge in [0.1, 0.15) is 24.3 Å². The number of hydrogen-bond acceptors (Lipinski definition) is 8. The van der Waals surface area contributed by atoms with Crippen molar-refractivity contribution in [3.63, 3.8) is 0 Å². The van der Waals surface area contributed by atoms with Crippen LogP contribution in [0.15, 0.2) is 73.1 Å². The third-order valence-electron chi connectivity index (χ3n) is 5.40. The smallest absolute Gasteiger partial charge is 0.408 e. The van der Waals surface area contributed by atoms with Crippen LogP contribution in [0.4, 0.5) is 21.0 Å². The lowest BCUT2D eigenvalue weighted by atomic mass is 10.2.